The van der Waals surface area contributed by atoms with Crippen LogP contribution in [-0.4, -0.2) is 24.9 Å². The molecular weight excluding hydrogens is 326 g/mol. The molecule has 1 aliphatic heterocycles. The molecule has 1 heterocycles. The quantitative estimate of drug-likeness (QED) is 0.794. The van der Waals surface area contributed by atoms with Crippen LogP contribution in [0.2, 0.25) is 0 Å². The summed E-state index contributed by atoms with van der Waals surface area (Å²) in [6, 6.07) is 14.8. The molecule has 4 rings (SSSR count). The molecule has 1 saturated heterocycles. The van der Waals surface area contributed by atoms with Crippen LogP contribution in [0.15, 0.2) is 48.5 Å². The fourth-order valence-electron chi connectivity index (χ4n) is 3.91. The summed E-state index contributed by atoms with van der Waals surface area (Å²) in [5, 5.41) is 9.28. The minimum Gasteiger partial charge on any atom is -0.326 e. The number of benzene rings is 2. The van der Waals surface area contributed by atoms with Gasteiger partial charge >= 0.3 is 0 Å². The van der Waals surface area contributed by atoms with E-state index in [4.69, 9.17) is 0 Å². The van der Waals surface area contributed by atoms with Crippen LogP contribution < -0.4 is 16.0 Å². The monoisotopic (exact) mass is 349 g/mol. The van der Waals surface area contributed by atoms with Crippen molar-refractivity contribution in [2.24, 2.45) is 11.3 Å². The number of carbonyl (C=O) groups is 2. The number of amides is 2. The van der Waals surface area contributed by atoms with Gasteiger partial charge in [0.05, 0.1) is 0 Å². The van der Waals surface area contributed by atoms with Crippen molar-refractivity contribution >= 4 is 23.2 Å². The summed E-state index contributed by atoms with van der Waals surface area (Å²) >= 11 is 0. The van der Waals surface area contributed by atoms with Gasteiger partial charge in [-0.25, -0.2) is 0 Å². The number of hydrogen-bond acceptors (Lipinski definition) is 3. The molecule has 1 saturated carbocycles. The maximum atomic E-state index is 12.6. The molecule has 0 bridgehead atoms. The zero-order valence-corrected chi connectivity index (χ0v) is 14.8. The lowest BCUT2D eigenvalue weighted by atomic mass is 10.0. The van der Waals surface area contributed by atoms with Gasteiger partial charge in [0.15, 0.2) is 0 Å². The van der Waals surface area contributed by atoms with E-state index >= 15 is 0 Å². The number of hydrogen-bond donors (Lipinski definition) is 3. The Kier molecular flexibility index (Phi) is 4.24. The second kappa shape index (κ2) is 6.57. The van der Waals surface area contributed by atoms with E-state index in [2.05, 4.69) is 16.0 Å². The summed E-state index contributed by atoms with van der Waals surface area (Å²) in [6.45, 7) is 3.80. The Morgan fingerprint density at radius 2 is 1.88 bits per heavy atom. The third-order valence-electron chi connectivity index (χ3n) is 5.65. The predicted molar refractivity (Wildman–Crippen MR) is 102 cm³/mol. The van der Waals surface area contributed by atoms with Crippen molar-refractivity contribution in [3.8, 4) is 0 Å². The highest BCUT2D eigenvalue weighted by Crippen LogP contribution is 2.56. The van der Waals surface area contributed by atoms with Crippen molar-refractivity contribution in [3.63, 3.8) is 0 Å². The number of nitrogens with one attached hydrogen (secondary N) is 3. The highest BCUT2D eigenvalue weighted by atomic mass is 16.2. The Bertz CT molecular complexity index is 842. The zero-order valence-electron chi connectivity index (χ0n) is 14.8. The highest BCUT2D eigenvalue weighted by Gasteiger charge is 2.58. The van der Waals surface area contributed by atoms with Crippen molar-refractivity contribution in [3.05, 3.63) is 59.7 Å². The first-order valence-corrected chi connectivity index (χ1v) is 9.07. The minimum absolute atomic E-state index is 0.0671. The molecule has 5 heteroatoms. The van der Waals surface area contributed by atoms with E-state index in [1.807, 2.05) is 49.4 Å². The first-order chi connectivity index (χ1) is 12.6. The molecule has 1 aliphatic carbocycles. The summed E-state index contributed by atoms with van der Waals surface area (Å²) in [4.78, 5) is 25.2. The zero-order chi connectivity index (χ0) is 18.1. The molecule has 2 aliphatic rings. The third kappa shape index (κ3) is 3.10. The van der Waals surface area contributed by atoms with E-state index in [1.54, 1.807) is 6.07 Å². The van der Waals surface area contributed by atoms with Gasteiger partial charge in [-0.1, -0.05) is 24.3 Å². The summed E-state index contributed by atoms with van der Waals surface area (Å²) in [6.07, 6.45) is 2.03. The van der Waals surface area contributed by atoms with Crippen LogP contribution in [0.1, 0.15) is 28.8 Å². The van der Waals surface area contributed by atoms with Crippen molar-refractivity contribution in [1.29, 1.82) is 0 Å². The van der Waals surface area contributed by atoms with Crippen molar-refractivity contribution in [1.82, 2.24) is 5.32 Å². The Morgan fingerprint density at radius 3 is 2.62 bits per heavy atom. The standard InChI is InChI=1S/C21H23N3O2/c1-14-16(19(25)23-15-6-3-2-4-7-15)8-5-9-18(14)24-20(26)17-12-21(17)10-11-22-13-21/h2-9,17,22H,10-13H2,1H3,(H,23,25)(H,24,26)/t17-,21-/m0/s1. The molecule has 0 unspecified atom stereocenters. The number of para-hydroxylation sites is 1. The smallest absolute Gasteiger partial charge is 0.256 e. The lowest BCUT2D eigenvalue weighted by molar-refractivity contribution is -0.118. The maximum absolute atomic E-state index is 12.6. The van der Waals surface area contributed by atoms with Gasteiger partial charge in [-0.05, 0) is 61.6 Å². The predicted octanol–water partition coefficient (Wildman–Crippen LogP) is 3.19. The molecule has 26 heavy (non-hydrogen) atoms. The molecule has 0 radical (unpaired) electrons. The third-order valence-corrected chi connectivity index (χ3v) is 5.65. The maximum Gasteiger partial charge on any atom is 0.256 e. The summed E-state index contributed by atoms with van der Waals surface area (Å²) < 4.78 is 0. The molecular formula is C21H23N3O2. The molecule has 2 atom stereocenters. The molecule has 5 nitrogen and oxygen atoms in total. The Balaban J connectivity index is 1.47. The minimum atomic E-state index is -0.173. The van der Waals surface area contributed by atoms with Gasteiger partial charge in [0, 0.05) is 29.4 Å². The van der Waals surface area contributed by atoms with E-state index in [9.17, 15) is 9.59 Å². The molecule has 134 valence electrons. The Labute approximate surface area is 153 Å². The molecule has 2 aromatic carbocycles. The van der Waals surface area contributed by atoms with E-state index in [0.29, 0.717) is 11.3 Å². The average molecular weight is 349 g/mol. The lowest BCUT2D eigenvalue weighted by Gasteiger charge is -2.14. The number of carbonyl (C=O) groups excluding carboxylic acids is 2. The largest absolute Gasteiger partial charge is 0.326 e. The normalized spacial score (nSPS) is 23.7. The molecule has 2 amide bonds. The first kappa shape index (κ1) is 16.8. The topological polar surface area (TPSA) is 70.2 Å². The first-order valence-electron chi connectivity index (χ1n) is 9.07. The van der Waals surface area contributed by atoms with E-state index in [0.717, 1.165) is 37.2 Å². The van der Waals surface area contributed by atoms with Crippen LogP contribution in [0.5, 0.6) is 0 Å². The van der Waals surface area contributed by atoms with Crippen molar-refractivity contribution in [2.75, 3.05) is 23.7 Å². The summed E-state index contributed by atoms with van der Waals surface area (Å²) in [5.41, 5.74) is 2.98. The SMILES string of the molecule is Cc1c(NC(=O)[C@@H]2C[C@]23CCNC3)cccc1C(=O)Nc1ccccc1. The van der Waals surface area contributed by atoms with Gasteiger partial charge < -0.3 is 16.0 Å². The summed E-state index contributed by atoms with van der Waals surface area (Å²) in [7, 11) is 0. The highest BCUT2D eigenvalue weighted by molar-refractivity contribution is 6.07. The van der Waals surface area contributed by atoms with Crippen molar-refractivity contribution in [2.45, 2.75) is 19.8 Å². The van der Waals surface area contributed by atoms with Gasteiger partial charge in [0.2, 0.25) is 5.91 Å². The Hall–Kier alpha value is -2.66. The second-order valence-corrected chi connectivity index (χ2v) is 7.33. The Morgan fingerprint density at radius 1 is 1.08 bits per heavy atom. The van der Waals surface area contributed by atoms with Gasteiger partial charge in [-0.3, -0.25) is 9.59 Å². The van der Waals surface area contributed by atoms with Crippen LogP contribution in [0.4, 0.5) is 11.4 Å². The molecule has 0 aromatic heterocycles. The summed E-state index contributed by atoms with van der Waals surface area (Å²) in [5.74, 6) is -0.0243. The van der Waals surface area contributed by atoms with Crippen LogP contribution in [-0.2, 0) is 4.79 Å². The van der Waals surface area contributed by atoms with Crippen LogP contribution >= 0.6 is 0 Å². The fraction of sp³-hybridized carbons (Fsp3) is 0.333. The average Bonchev–Trinajstić information content (AvgIpc) is 3.14. The van der Waals surface area contributed by atoms with Crippen LogP contribution in [0, 0.1) is 18.3 Å². The van der Waals surface area contributed by atoms with E-state index in [-0.39, 0.29) is 23.1 Å². The second-order valence-electron chi connectivity index (χ2n) is 7.33. The van der Waals surface area contributed by atoms with Gasteiger partial charge in [0.1, 0.15) is 0 Å². The number of rotatable bonds is 4. The van der Waals surface area contributed by atoms with Crippen LogP contribution in [0.25, 0.3) is 0 Å². The lowest BCUT2D eigenvalue weighted by Crippen LogP contribution is -2.21. The fourth-order valence-corrected chi connectivity index (χ4v) is 3.91. The van der Waals surface area contributed by atoms with Crippen molar-refractivity contribution < 1.29 is 9.59 Å². The van der Waals surface area contributed by atoms with E-state index < -0.39 is 0 Å². The molecule has 1 spiro atoms. The van der Waals surface area contributed by atoms with Gasteiger partial charge in [-0.2, -0.15) is 0 Å². The molecule has 3 N–H and O–H groups in total. The van der Waals surface area contributed by atoms with E-state index in [1.165, 1.54) is 0 Å². The molecule has 2 aromatic rings. The van der Waals surface area contributed by atoms with Gasteiger partial charge in [-0.15, -0.1) is 0 Å². The van der Waals surface area contributed by atoms with Crippen LogP contribution in [0.3, 0.4) is 0 Å². The van der Waals surface area contributed by atoms with Gasteiger partial charge in [0.25, 0.3) is 5.91 Å². The number of anilines is 2. The molecule has 2 fully saturated rings.